The number of sulfonamides is 2. The van der Waals surface area contributed by atoms with Gasteiger partial charge in [-0.05, 0) is 84.9 Å². The Kier molecular flexibility index (Phi) is 12.3. The van der Waals surface area contributed by atoms with E-state index in [1.54, 1.807) is 42.5 Å². The molecule has 4 heterocycles. The quantitative estimate of drug-likeness (QED) is 0.0960. The van der Waals surface area contributed by atoms with Crippen LogP contribution >= 0.6 is 0 Å². The number of halogens is 3. The molecule has 4 aromatic heterocycles. The van der Waals surface area contributed by atoms with Crippen LogP contribution in [0.3, 0.4) is 0 Å². The highest BCUT2D eigenvalue weighted by Gasteiger charge is 2.23. The van der Waals surface area contributed by atoms with Crippen molar-refractivity contribution in [3.8, 4) is 0 Å². The lowest BCUT2D eigenvalue weighted by atomic mass is 10.2. The molecule has 0 saturated heterocycles. The first-order valence-electron chi connectivity index (χ1n) is 15.8. The number of rotatable bonds is 11. The number of aromatic nitrogens is 8. The van der Waals surface area contributed by atoms with Gasteiger partial charge in [0.15, 0.2) is 0 Å². The Hall–Kier alpha value is -7.60. The van der Waals surface area contributed by atoms with Gasteiger partial charge in [0.05, 0.1) is 9.79 Å². The summed E-state index contributed by atoms with van der Waals surface area (Å²) in [6, 6.07) is 24.4. The number of nitrogen functional groups attached to an aromatic ring is 2. The minimum atomic E-state index is -3.87. The third kappa shape index (κ3) is 10.1. The van der Waals surface area contributed by atoms with Crippen LogP contribution in [0.5, 0.6) is 0 Å². The van der Waals surface area contributed by atoms with Crippen molar-refractivity contribution in [1.82, 2.24) is 39.9 Å². The molecule has 0 unspecified atom stereocenters. The lowest BCUT2D eigenvalue weighted by Crippen LogP contribution is -2.19. The molecule has 0 radical (unpaired) electrons. The number of anilines is 8. The number of nitrogens with one attached hydrogen (secondary N) is 5. The highest BCUT2D eigenvalue weighted by Crippen LogP contribution is 2.22. The second-order valence-corrected chi connectivity index (χ2v) is 14.5. The van der Waals surface area contributed by atoms with E-state index in [0.717, 1.165) is 18.2 Å². The number of carbonyl (C=O) groups excluding carboxylic acids is 1. The fraction of sp³-hybridized carbons (Fsp3) is 0. The molecule has 24 heteroatoms. The van der Waals surface area contributed by atoms with Gasteiger partial charge in [-0.3, -0.25) is 18.9 Å². The van der Waals surface area contributed by atoms with Crippen molar-refractivity contribution >= 4 is 72.8 Å². The Balaban J connectivity index is 0.000000227. The van der Waals surface area contributed by atoms with Gasteiger partial charge in [0.2, 0.25) is 23.8 Å². The van der Waals surface area contributed by atoms with Gasteiger partial charge in [0.25, 0.3) is 26.0 Å². The van der Waals surface area contributed by atoms with E-state index in [0.29, 0.717) is 22.0 Å². The topological polar surface area (TPSA) is 284 Å². The largest absolute Gasteiger partial charge is 0.368 e. The van der Waals surface area contributed by atoms with Crippen LogP contribution in [-0.2, 0) is 20.0 Å². The molecule has 3 aromatic carbocycles. The van der Waals surface area contributed by atoms with E-state index in [2.05, 4.69) is 55.3 Å². The molecule has 9 N–H and O–H groups in total. The van der Waals surface area contributed by atoms with Gasteiger partial charge in [-0.25, -0.2) is 40.7 Å². The highest BCUT2D eigenvalue weighted by atomic mass is 32.2. The molecule has 0 aliphatic heterocycles. The maximum atomic E-state index is 13.9. The van der Waals surface area contributed by atoms with E-state index in [9.17, 15) is 30.4 Å². The monoisotopic (exact) mass is 822 g/mol. The first-order chi connectivity index (χ1) is 26.8. The molecule has 7 aromatic rings. The average Bonchev–Trinajstić information content (AvgIpc) is 3.76. The van der Waals surface area contributed by atoms with Crippen molar-refractivity contribution in [3.05, 3.63) is 133 Å². The minimum Gasteiger partial charge on any atom is -0.368 e. The number of H-pyrrole nitrogens is 1. The SMILES string of the molecule is F.Nc1nc(Nc2ccc(S(=O)(=O)Nc3ccccn3)cc2)n[nH]1.Nc1nc(Nc2ccc(S(=O)(=O)Nc3ccccn3)cc2)nn1C(=O)c1c(F)cccc1F. The van der Waals surface area contributed by atoms with Crippen LogP contribution in [0.15, 0.2) is 125 Å². The Morgan fingerprint density at radius 3 is 1.58 bits per heavy atom. The first kappa shape index (κ1) is 40.6. The summed E-state index contributed by atoms with van der Waals surface area (Å²) in [7, 11) is -7.56. The third-order valence-corrected chi connectivity index (χ3v) is 9.89. The van der Waals surface area contributed by atoms with Crippen LogP contribution in [0.2, 0.25) is 0 Å². The van der Waals surface area contributed by atoms with Crippen LogP contribution in [0, 0.1) is 11.6 Å². The molecular weight excluding hydrogens is 794 g/mol. The summed E-state index contributed by atoms with van der Waals surface area (Å²) in [5.41, 5.74) is 11.3. The number of nitrogens with zero attached hydrogens (tertiary/aromatic N) is 7. The summed E-state index contributed by atoms with van der Waals surface area (Å²) in [6.07, 6.45) is 2.96. The molecule has 57 heavy (non-hydrogen) atoms. The van der Waals surface area contributed by atoms with E-state index in [4.69, 9.17) is 11.5 Å². The van der Waals surface area contributed by atoms with Crippen LogP contribution in [0.1, 0.15) is 10.4 Å². The van der Waals surface area contributed by atoms with Crippen LogP contribution in [0.25, 0.3) is 0 Å². The normalized spacial score (nSPS) is 11.0. The number of pyridine rings is 2. The molecule has 294 valence electrons. The molecule has 0 saturated carbocycles. The summed E-state index contributed by atoms with van der Waals surface area (Å²) >= 11 is 0. The molecular formula is C33H29F3N14O5S2. The summed E-state index contributed by atoms with van der Waals surface area (Å²) < 4.78 is 82.6. The van der Waals surface area contributed by atoms with Gasteiger partial charge < -0.3 is 22.1 Å². The zero-order valence-corrected chi connectivity index (χ0v) is 30.4. The van der Waals surface area contributed by atoms with Gasteiger partial charge >= 0.3 is 0 Å². The van der Waals surface area contributed by atoms with E-state index >= 15 is 0 Å². The summed E-state index contributed by atoms with van der Waals surface area (Å²) in [5, 5.41) is 15.8. The number of nitrogens with two attached hydrogens (primary N) is 2. The molecule has 0 atom stereocenters. The number of aromatic amines is 1. The van der Waals surface area contributed by atoms with Crippen LogP contribution in [0.4, 0.5) is 60.3 Å². The van der Waals surface area contributed by atoms with Gasteiger partial charge in [-0.2, -0.15) is 14.6 Å². The van der Waals surface area contributed by atoms with Crippen molar-refractivity contribution in [2.75, 3.05) is 31.5 Å². The van der Waals surface area contributed by atoms with Crippen molar-refractivity contribution < 1.29 is 35.1 Å². The minimum absolute atomic E-state index is 0. The maximum Gasteiger partial charge on any atom is 0.287 e. The smallest absolute Gasteiger partial charge is 0.287 e. The zero-order valence-electron chi connectivity index (χ0n) is 28.8. The van der Waals surface area contributed by atoms with Crippen LogP contribution < -0.4 is 31.5 Å². The zero-order chi connectivity index (χ0) is 39.9. The standard InChI is InChI=1S/C20H15F2N7O3S.C13H13N7O2S.FH/c21-14-4-3-5-15(22)17(14)18(30)29-19(23)26-20(27-29)25-12-7-9-13(10-8-12)33(31,32)28-16-6-1-2-11-24-16;14-12-17-13(19-18-12)16-9-4-6-10(7-5-9)23(21,22)20-11-3-1-2-8-15-11;/h1-11H,(H,24,28)(H3,23,25,26,27);1-8H,(H,15,20)(H4,14,16,17,18,19);1H. The van der Waals surface area contributed by atoms with E-state index in [1.165, 1.54) is 54.9 Å². The summed E-state index contributed by atoms with van der Waals surface area (Å²) in [4.78, 5) is 28.2. The second-order valence-electron chi connectivity index (χ2n) is 11.1. The molecule has 0 spiro atoms. The van der Waals surface area contributed by atoms with E-state index in [-0.39, 0.29) is 38.0 Å². The molecule has 7 rings (SSSR count). The Morgan fingerprint density at radius 2 is 1.14 bits per heavy atom. The Labute approximate surface area is 321 Å². The number of hydrogen-bond donors (Lipinski definition) is 7. The number of carbonyl (C=O) groups is 1. The molecule has 0 fully saturated rings. The predicted octanol–water partition coefficient (Wildman–Crippen LogP) is 4.25. The van der Waals surface area contributed by atoms with Crippen LogP contribution in [-0.4, -0.2) is 62.7 Å². The number of hydrogen-bond acceptors (Lipinski definition) is 15. The Morgan fingerprint density at radius 1 is 0.649 bits per heavy atom. The van der Waals surface area contributed by atoms with Gasteiger partial charge in [-0.15, -0.1) is 10.2 Å². The maximum absolute atomic E-state index is 13.9. The summed E-state index contributed by atoms with van der Waals surface area (Å²) in [5.74, 6) is -2.90. The molecule has 19 nitrogen and oxygen atoms in total. The van der Waals surface area contributed by atoms with Crippen molar-refractivity contribution in [2.24, 2.45) is 0 Å². The first-order valence-corrected chi connectivity index (χ1v) is 18.7. The van der Waals surface area contributed by atoms with Crippen molar-refractivity contribution in [2.45, 2.75) is 9.79 Å². The highest BCUT2D eigenvalue weighted by molar-refractivity contribution is 7.93. The lowest BCUT2D eigenvalue weighted by Gasteiger charge is -2.08. The fourth-order valence-corrected chi connectivity index (χ4v) is 6.61. The molecule has 0 amide bonds. The average molecular weight is 823 g/mol. The lowest BCUT2D eigenvalue weighted by molar-refractivity contribution is 0.0939. The van der Waals surface area contributed by atoms with E-state index < -0.39 is 49.1 Å². The molecule has 0 aliphatic carbocycles. The fourth-order valence-electron chi connectivity index (χ4n) is 4.60. The van der Waals surface area contributed by atoms with Gasteiger partial charge in [-0.1, -0.05) is 18.2 Å². The van der Waals surface area contributed by atoms with E-state index in [1.807, 2.05) is 0 Å². The molecule has 0 aliphatic rings. The third-order valence-electron chi connectivity index (χ3n) is 7.15. The number of benzene rings is 3. The Bertz CT molecular complexity index is 2670. The van der Waals surface area contributed by atoms with Gasteiger partial charge in [0, 0.05) is 23.8 Å². The molecule has 0 bridgehead atoms. The van der Waals surface area contributed by atoms with Crippen molar-refractivity contribution in [1.29, 1.82) is 0 Å². The summed E-state index contributed by atoms with van der Waals surface area (Å²) in [6.45, 7) is 0. The van der Waals surface area contributed by atoms with Gasteiger partial charge in [0.1, 0.15) is 28.8 Å². The predicted molar refractivity (Wildman–Crippen MR) is 203 cm³/mol. The van der Waals surface area contributed by atoms with Crippen molar-refractivity contribution in [3.63, 3.8) is 0 Å². The second kappa shape index (κ2) is 17.2.